The summed E-state index contributed by atoms with van der Waals surface area (Å²) in [5, 5.41) is 20.8. The SMILES string of the molecule is Cc1cc(-c2nn3c(-c4ccoc4C)nnc3s2)n[nH]1. The van der Waals surface area contributed by atoms with Crippen molar-refractivity contribution < 1.29 is 4.42 Å². The fourth-order valence-corrected chi connectivity index (χ4v) is 2.83. The fourth-order valence-electron chi connectivity index (χ4n) is 2.03. The van der Waals surface area contributed by atoms with Crippen molar-refractivity contribution in [3.05, 3.63) is 29.9 Å². The van der Waals surface area contributed by atoms with Crippen molar-refractivity contribution in [1.29, 1.82) is 0 Å². The van der Waals surface area contributed by atoms with Crippen molar-refractivity contribution in [2.45, 2.75) is 13.8 Å². The smallest absolute Gasteiger partial charge is 0.235 e. The lowest BCUT2D eigenvalue weighted by molar-refractivity contribution is 0.535. The summed E-state index contributed by atoms with van der Waals surface area (Å²) in [6.45, 7) is 3.85. The van der Waals surface area contributed by atoms with Crippen LogP contribution in [0.4, 0.5) is 0 Å². The first kappa shape index (κ1) is 11.4. The predicted octanol–water partition coefficient (Wildman–Crippen LogP) is 2.45. The van der Waals surface area contributed by atoms with Gasteiger partial charge in [0.2, 0.25) is 4.96 Å². The lowest BCUT2D eigenvalue weighted by Gasteiger charge is -1.92. The van der Waals surface area contributed by atoms with Crippen molar-refractivity contribution in [3.8, 4) is 22.1 Å². The summed E-state index contributed by atoms with van der Waals surface area (Å²) < 4.78 is 7.03. The van der Waals surface area contributed by atoms with Crippen LogP contribution in [-0.2, 0) is 0 Å². The molecule has 100 valence electrons. The normalized spacial score (nSPS) is 11.5. The van der Waals surface area contributed by atoms with Gasteiger partial charge in [0, 0.05) is 5.69 Å². The first-order valence-corrected chi connectivity index (χ1v) is 6.83. The molecular weight excluding hydrogens is 276 g/mol. The Balaban J connectivity index is 1.89. The van der Waals surface area contributed by atoms with E-state index < -0.39 is 0 Å². The van der Waals surface area contributed by atoms with Crippen LogP contribution in [0, 0.1) is 13.8 Å². The van der Waals surface area contributed by atoms with Gasteiger partial charge in [-0.1, -0.05) is 11.3 Å². The van der Waals surface area contributed by atoms with Gasteiger partial charge in [-0.2, -0.15) is 14.7 Å². The Hall–Kier alpha value is -2.48. The molecule has 0 aliphatic rings. The third kappa shape index (κ3) is 1.58. The van der Waals surface area contributed by atoms with Gasteiger partial charge in [-0.05, 0) is 26.0 Å². The van der Waals surface area contributed by atoms with Crippen molar-refractivity contribution in [2.75, 3.05) is 0 Å². The van der Waals surface area contributed by atoms with Crippen molar-refractivity contribution >= 4 is 16.3 Å². The van der Waals surface area contributed by atoms with Crippen molar-refractivity contribution in [1.82, 2.24) is 30.0 Å². The molecule has 4 aromatic rings. The molecule has 4 heterocycles. The highest BCUT2D eigenvalue weighted by molar-refractivity contribution is 7.19. The van der Waals surface area contributed by atoms with Crippen LogP contribution in [-0.4, -0.2) is 30.0 Å². The molecule has 0 spiro atoms. The van der Waals surface area contributed by atoms with E-state index in [9.17, 15) is 0 Å². The monoisotopic (exact) mass is 286 g/mol. The summed E-state index contributed by atoms with van der Waals surface area (Å²) >= 11 is 1.45. The number of aromatic amines is 1. The van der Waals surface area contributed by atoms with E-state index in [0.29, 0.717) is 5.82 Å². The van der Waals surface area contributed by atoms with E-state index >= 15 is 0 Å². The van der Waals surface area contributed by atoms with E-state index in [-0.39, 0.29) is 0 Å². The molecule has 8 heteroatoms. The van der Waals surface area contributed by atoms with Crippen LogP contribution >= 0.6 is 11.3 Å². The molecule has 4 aromatic heterocycles. The molecule has 0 unspecified atom stereocenters. The van der Waals surface area contributed by atoms with Gasteiger partial charge in [-0.3, -0.25) is 5.10 Å². The predicted molar refractivity (Wildman–Crippen MR) is 73.4 cm³/mol. The Labute approximate surface area is 117 Å². The number of hydrogen-bond acceptors (Lipinski definition) is 6. The molecule has 0 aliphatic heterocycles. The second-order valence-electron chi connectivity index (χ2n) is 4.45. The van der Waals surface area contributed by atoms with Crippen LogP contribution in [0.15, 0.2) is 22.8 Å². The topological polar surface area (TPSA) is 84.9 Å². The number of H-pyrrole nitrogens is 1. The molecule has 0 amide bonds. The van der Waals surface area contributed by atoms with E-state index in [1.807, 2.05) is 26.0 Å². The third-order valence-electron chi connectivity index (χ3n) is 3.02. The third-order valence-corrected chi connectivity index (χ3v) is 3.94. The maximum absolute atomic E-state index is 5.31. The van der Waals surface area contributed by atoms with Crippen LogP contribution in [0.3, 0.4) is 0 Å². The van der Waals surface area contributed by atoms with E-state index in [1.165, 1.54) is 11.3 Å². The highest BCUT2D eigenvalue weighted by Crippen LogP contribution is 2.28. The number of rotatable bonds is 2. The average molecular weight is 286 g/mol. The molecule has 0 aliphatic carbocycles. The van der Waals surface area contributed by atoms with Gasteiger partial charge in [0.1, 0.15) is 11.5 Å². The molecule has 7 nitrogen and oxygen atoms in total. The van der Waals surface area contributed by atoms with Crippen LogP contribution in [0.1, 0.15) is 11.5 Å². The first-order chi connectivity index (χ1) is 9.72. The Morgan fingerprint density at radius 3 is 2.90 bits per heavy atom. The standard InChI is InChI=1S/C12H10N6OS/c1-6-5-9(14-13-6)11-17-18-10(15-16-12(18)20-11)8-3-4-19-7(8)2/h3-5H,1-2H3,(H,13,14). The number of fused-ring (bicyclic) bond motifs is 1. The molecule has 0 aromatic carbocycles. The van der Waals surface area contributed by atoms with E-state index in [2.05, 4.69) is 25.5 Å². The second kappa shape index (κ2) is 4.01. The van der Waals surface area contributed by atoms with E-state index in [1.54, 1.807) is 10.8 Å². The lowest BCUT2D eigenvalue weighted by atomic mass is 10.2. The summed E-state index contributed by atoms with van der Waals surface area (Å²) in [4.78, 5) is 0.733. The summed E-state index contributed by atoms with van der Waals surface area (Å²) in [6, 6.07) is 3.82. The van der Waals surface area contributed by atoms with Gasteiger partial charge < -0.3 is 4.42 Å². The van der Waals surface area contributed by atoms with Crippen LogP contribution in [0.5, 0.6) is 0 Å². The lowest BCUT2D eigenvalue weighted by Crippen LogP contribution is -1.91. The van der Waals surface area contributed by atoms with E-state index in [0.717, 1.165) is 32.7 Å². The van der Waals surface area contributed by atoms with Crippen molar-refractivity contribution in [3.63, 3.8) is 0 Å². The van der Waals surface area contributed by atoms with Gasteiger partial charge in [0.15, 0.2) is 10.8 Å². The largest absolute Gasteiger partial charge is 0.469 e. The van der Waals surface area contributed by atoms with Crippen LogP contribution in [0.2, 0.25) is 0 Å². The summed E-state index contributed by atoms with van der Waals surface area (Å²) in [5.41, 5.74) is 2.71. The van der Waals surface area contributed by atoms with Crippen LogP contribution < -0.4 is 0 Å². The highest BCUT2D eigenvalue weighted by atomic mass is 32.1. The number of aryl methyl sites for hydroxylation is 2. The molecule has 4 rings (SSSR count). The fraction of sp³-hybridized carbons (Fsp3) is 0.167. The van der Waals surface area contributed by atoms with Crippen LogP contribution in [0.25, 0.3) is 27.1 Å². The Morgan fingerprint density at radius 1 is 1.30 bits per heavy atom. The average Bonchev–Trinajstić information content (AvgIpc) is 3.12. The minimum absolute atomic E-state index is 0.681. The first-order valence-electron chi connectivity index (χ1n) is 6.01. The number of nitrogens with one attached hydrogen (secondary N) is 1. The molecule has 0 radical (unpaired) electrons. The summed E-state index contributed by atoms with van der Waals surface area (Å²) in [6.07, 6.45) is 1.64. The van der Waals surface area contributed by atoms with Gasteiger partial charge >= 0.3 is 0 Å². The molecule has 0 saturated heterocycles. The number of aromatic nitrogens is 6. The van der Waals surface area contributed by atoms with E-state index in [4.69, 9.17) is 4.42 Å². The van der Waals surface area contributed by atoms with Gasteiger partial charge in [-0.15, -0.1) is 10.2 Å². The minimum atomic E-state index is 0.681. The Morgan fingerprint density at radius 2 is 2.20 bits per heavy atom. The van der Waals surface area contributed by atoms with Gasteiger partial charge in [0.05, 0.1) is 11.8 Å². The van der Waals surface area contributed by atoms with Crippen molar-refractivity contribution in [2.24, 2.45) is 0 Å². The zero-order valence-electron chi connectivity index (χ0n) is 10.8. The Bertz CT molecular complexity index is 898. The molecule has 0 bridgehead atoms. The molecule has 20 heavy (non-hydrogen) atoms. The number of furan rings is 1. The molecule has 0 atom stereocenters. The summed E-state index contributed by atoms with van der Waals surface area (Å²) in [7, 11) is 0. The second-order valence-corrected chi connectivity index (χ2v) is 5.41. The maximum Gasteiger partial charge on any atom is 0.235 e. The zero-order valence-corrected chi connectivity index (χ0v) is 11.6. The molecule has 1 N–H and O–H groups in total. The van der Waals surface area contributed by atoms with Gasteiger partial charge in [-0.25, -0.2) is 0 Å². The quantitative estimate of drug-likeness (QED) is 0.611. The van der Waals surface area contributed by atoms with Gasteiger partial charge in [0.25, 0.3) is 0 Å². The molecule has 0 fully saturated rings. The summed E-state index contributed by atoms with van der Waals surface area (Å²) in [5.74, 6) is 1.48. The number of hydrogen-bond donors (Lipinski definition) is 1. The molecular formula is C12H10N6OS. The number of nitrogens with zero attached hydrogens (tertiary/aromatic N) is 5. The Kier molecular flexibility index (Phi) is 2.27. The minimum Gasteiger partial charge on any atom is -0.469 e. The highest BCUT2D eigenvalue weighted by Gasteiger charge is 2.17. The maximum atomic E-state index is 5.31. The zero-order chi connectivity index (χ0) is 13.7. The molecule has 0 saturated carbocycles.